The van der Waals surface area contributed by atoms with E-state index in [0.717, 1.165) is 6.07 Å². The van der Waals surface area contributed by atoms with Gasteiger partial charge >= 0.3 is 5.97 Å². The smallest absolute Gasteiger partial charge is 0.313 e. The molecule has 31 heavy (non-hydrogen) atoms. The van der Waals surface area contributed by atoms with Gasteiger partial charge < -0.3 is 9.84 Å². The van der Waals surface area contributed by atoms with Crippen molar-refractivity contribution in [3.8, 4) is 5.75 Å². The van der Waals surface area contributed by atoms with Gasteiger partial charge in [-0.05, 0) is 57.0 Å². The molecule has 2 aromatic carbocycles. The maximum atomic E-state index is 14.2. The molecule has 0 radical (unpaired) electrons. The van der Waals surface area contributed by atoms with Crippen LogP contribution in [0.5, 0.6) is 5.75 Å². The van der Waals surface area contributed by atoms with E-state index in [2.05, 4.69) is 0 Å². The second-order valence-electron chi connectivity index (χ2n) is 7.47. The number of halogens is 3. The molecule has 0 spiro atoms. The van der Waals surface area contributed by atoms with Crippen LogP contribution in [0, 0.1) is 12.7 Å². The average molecular weight is 466 g/mol. The number of aromatic nitrogens is 1. The van der Waals surface area contributed by atoms with Crippen molar-refractivity contribution in [2.24, 2.45) is 0 Å². The van der Waals surface area contributed by atoms with Crippen molar-refractivity contribution >= 4 is 46.0 Å². The first-order chi connectivity index (χ1) is 14.6. The van der Waals surface area contributed by atoms with Gasteiger partial charge in [-0.1, -0.05) is 30.1 Å². The van der Waals surface area contributed by atoms with Crippen molar-refractivity contribution in [2.45, 2.75) is 46.1 Å². The molecule has 8 heteroatoms. The molecule has 0 aliphatic rings. The van der Waals surface area contributed by atoms with Crippen molar-refractivity contribution in [1.82, 2.24) is 4.57 Å². The van der Waals surface area contributed by atoms with Gasteiger partial charge in [0.2, 0.25) is 0 Å². The standard InChI is InChI=1S/C23H22Cl2FNO4/c1-5-11(2)31-23(30)12(3)21-13(4)27(19-10-18(26)20(28)9-15(19)21)22(29)14-6-7-16(24)17(25)8-14/h6-12,28H,5H2,1-4H3. The van der Waals surface area contributed by atoms with E-state index in [1.165, 1.54) is 28.8 Å². The lowest BCUT2D eigenvalue weighted by molar-refractivity contribution is -0.149. The van der Waals surface area contributed by atoms with E-state index in [-0.39, 0.29) is 22.2 Å². The van der Waals surface area contributed by atoms with Crippen molar-refractivity contribution < 1.29 is 23.8 Å². The van der Waals surface area contributed by atoms with Crippen LogP contribution in [0.15, 0.2) is 30.3 Å². The van der Waals surface area contributed by atoms with Crippen LogP contribution in [0.25, 0.3) is 10.9 Å². The summed E-state index contributed by atoms with van der Waals surface area (Å²) in [6.07, 6.45) is 0.383. The molecule has 1 aromatic heterocycles. The number of ether oxygens (including phenoxy) is 1. The van der Waals surface area contributed by atoms with E-state index < -0.39 is 29.4 Å². The molecule has 1 heterocycles. The minimum absolute atomic E-state index is 0.205. The summed E-state index contributed by atoms with van der Waals surface area (Å²) in [5.74, 6) is -3.14. The molecule has 1 N–H and O–H groups in total. The van der Waals surface area contributed by atoms with E-state index in [0.29, 0.717) is 28.1 Å². The number of fused-ring (bicyclic) bond motifs is 1. The number of phenols is 1. The van der Waals surface area contributed by atoms with Gasteiger partial charge in [0.1, 0.15) is 0 Å². The van der Waals surface area contributed by atoms with E-state index in [9.17, 15) is 19.1 Å². The highest BCUT2D eigenvalue weighted by Gasteiger charge is 2.29. The number of esters is 1. The van der Waals surface area contributed by atoms with Gasteiger partial charge in [0.05, 0.1) is 27.6 Å². The third-order valence-electron chi connectivity index (χ3n) is 5.37. The number of hydrogen-bond donors (Lipinski definition) is 1. The molecule has 2 unspecified atom stereocenters. The molecule has 0 saturated heterocycles. The summed E-state index contributed by atoms with van der Waals surface area (Å²) in [5, 5.41) is 10.8. The van der Waals surface area contributed by atoms with Crippen LogP contribution in [0.2, 0.25) is 10.0 Å². The first kappa shape index (κ1) is 23.1. The second kappa shape index (κ2) is 8.89. The molecule has 0 fully saturated rings. The normalized spacial score (nSPS) is 13.3. The highest BCUT2D eigenvalue weighted by Crippen LogP contribution is 2.36. The van der Waals surface area contributed by atoms with Crippen molar-refractivity contribution in [3.63, 3.8) is 0 Å². The Morgan fingerprint density at radius 2 is 1.84 bits per heavy atom. The summed E-state index contributed by atoms with van der Waals surface area (Å²) in [5.41, 5.74) is 1.38. The lowest BCUT2D eigenvalue weighted by atomic mass is 9.97. The van der Waals surface area contributed by atoms with Gasteiger partial charge in [-0.2, -0.15) is 0 Å². The molecule has 0 bridgehead atoms. The van der Waals surface area contributed by atoms with Gasteiger partial charge in [0.15, 0.2) is 11.6 Å². The number of aromatic hydroxyl groups is 1. The number of nitrogens with zero attached hydrogens (tertiary/aromatic N) is 1. The summed E-state index contributed by atoms with van der Waals surface area (Å²) in [6.45, 7) is 7.00. The molecular weight excluding hydrogens is 444 g/mol. The van der Waals surface area contributed by atoms with Crippen molar-refractivity contribution in [3.05, 3.63) is 63.0 Å². The van der Waals surface area contributed by atoms with Crippen LogP contribution in [0.4, 0.5) is 4.39 Å². The van der Waals surface area contributed by atoms with Crippen LogP contribution in [-0.4, -0.2) is 27.7 Å². The summed E-state index contributed by atoms with van der Waals surface area (Å²) in [7, 11) is 0. The predicted molar refractivity (Wildman–Crippen MR) is 119 cm³/mol. The third-order valence-corrected chi connectivity index (χ3v) is 6.11. The number of hydrogen-bond acceptors (Lipinski definition) is 4. The van der Waals surface area contributed by atoms with Gasteiger partial charge in [0, 0.05) is 22.7 Å². The zero-order valence-corrected chi connectivity index (χ0v) is 19.0. The van der Waals surface area contributed by atoms with Gasteiger partial charge in [-0.3, -0.25) is 14.2 Å². The summed E-state index contributed by atoms with van der Waals surface area (Å²) < 4.78 is 21.0. The Hall–Kier alpha value is -2.57. The van der Waals surface area contributed by atoms with Gasteiger partial charge in [-0.25, -0.2) is 4.39 Å². The molecule has 0 aliphatic heterocycles. The highest BCUT2D eigenvalue weighted by atomic mass is 35.5. The highest BCUT2D eigenvalue weighted by molar-refractivity contribution is 6.42. The first-order valence-electron chi connectivity index (χ1n) is 9.80. The Morgan fingerprint density at radius 1 is 1.16 bits per heavy atom. The Bertz CT molecular complexity index is 1190. The predicted octanol–water partition coefficient (Wildman–Crippen LogP) is 6.23. The second-order valence-corrected chi connectivity index (χ2v) is 8.28. The van der Waals surface area contributed by atoms with E-state index in [1.54, 1.807) is 20.8 Å². The Morgan fingerprint density at radius 3 is 2.45 bits per heavy atom. The van der Waals surface area contributed by atoms with E-state index in [4.69, 9.17) is 27.9 Å². The van der Waals surface area contributed by atoms with E-state index in [1.807, 2.05) is 6.92 Å². The Balaban J connectivity index is 2.22. The average Bonchev–Trinajstić information content (AvgIpc) is 2.99. The first-order valence-corrected chi connectivity index (χ1v) is 10.6. The fraction of sp³-hybridized carbons (Fsp3) is 0.304. The SMILES string of the molecule is CCC(C)OC(=O)C(C)c1c(C)n(C(=O)c2ccc(Cl)c(Cl)c2)c2cc(F)c(O)cc12. The van der Waals surface area contributed by atoms with Crippen LogP contribution >= 0.6 is 23.2 Å². The lowest BCUT2D eigenvalue weighted by Gasteiger charge is -2.16. The van der Waals surface area contributed by atoms with Gasteiger partial charge in [0.25, 0.3) is 5.91 Å². The third kappa shape index (κ3) is 4.27. The molecule has 0 amide bonds. The van der Waals surface area contributed by atoms with Gasteiger partial charge in [-0.15, -0.1) is 0 Å². The zero-order valence-electron chi connectivity index (χ0n) is 17.5. The molecule has 0 saturated carbocycles. The van der Waals surface area contributed by atoms with Crippen LogP contribution in [-0.2, 0) is 9.53 Å². The minimum atomic E-state index is -0.880. The Kier molecular flexibility index (Phi) is 6.62. The van der Waals surface area contributed by atoms with E-state index >= 15 is 0 Å². The fourth-order valence-corrected chi connectivity index (χ4v) is 3.81. The topological polar surface area (TPSA) is 68.5 Å². The van der Waals surface area contributed by atoms with Crippen molar-refractivity contribution in [2.75, 3.05) is 0 Å². The molecule has 3 rings (SSSR count). The number of carbonyl (C=O) groups is 2. The maximum absolute atomic E-state index is 14.2. The van der Waals surface area contributed by atoms with Crippen LogP contribution < -0.4 is 0 Å². The minimum Gasteiger partial charge on any atom is -0.505 e. The molecule has 2 atom stereocenters. The number of rotatable bonds is 5. The molecular formula is C23H22Cl2FNO4. The molecule has 3 aromatic rings. The maximum Gasteiger partial charge on any atom is 0.313 e. The fourth-order valence-electron chi connectivity index (χ4n) is 3.52. The Labute approximate surface area is 189 Å². The quantitative estimate of drug-likeness (QED) is 0.453. The van der Waals surface area contributed by atoms with Crippen molar-refractivity contribution in [1.29, 1.82) is 0 Å². The van der Waals surface area contributed by atoms with Crippen LogP contribution in [0.1, 0.15) is 54.7 Å². The van der Waals surface area contributed by atoms with Crippen LogP contribution in [0.3, 0.4) is 0 Å². The largest absolute Gasteiger partial charge is 0.505 e. The monoisotopic (exact) mass is 465 g/mol. The number of carbonyl (C=O) groups excluding carboxylic acids is 2. The number of benzene rings is 2. The molecule has 5 nitrogen and oxygen atoms in total. The number of phenolic OH excluding ortho intramolecular Hbond substituents is 1. The lowest BCUT2D eigenvalue weighted by Crippen LogP contribution is -2.20. The summed E-state index contributed by atoms with van der Waals surface area (Å²) in [6, 6.07) is 6.73. The summed E-state index contributed by atoms with van der Waals surface area (Å²) in [4.78, 5) is 26.0. The summed E-state index contributed by atoms with van der Waals surface area (Å²) >= 11 is 12.0. The zero-order chi connectivity index (χ0) is 23.0. The molecule has 0 aliphatic carbocycles. The molecule has 164 valence electrons.